The first-order chi connectivity index (χ1) is 9.79. The van der Waals surface area contributed by atoms with E-state index in [1.807, 2.05) is 7.05 Å². The van der Waals surface area contributed by atoms with Crippen LogP contribution in [0.4, 0.5) is 4.39 Å². The molecule has 0 saturated carbocycles. The molecule has 1 aromatic heterocycles. The van der Waals surface area contributed by atoms with E-state index < -0.39 is 0 Å². The standard InChI is InChI=1S/C17H19FN2/c1-19-17(13-9-14(18)11-20-10-13)16-8-4-6-12-5-2-3-7-15(12)16/h2-3,5,7,9-11,16-17,19H,4,6,8H2,1H3. The monoisotopic (exact) mass is 270 g/mol. The van der Waals surface area contributed by atoms with Crippen LogP contribution >= 0.6 is 0 Å². The number of likely N-dealkylation sites (N-methyl/N-ethyl adjacent to an activating group) is 1. The van der Waals surface area contributed by atoms with E-state index in [9.17, 15) is 4.39 Å². The lowest BCUT2D eigenvalue weighted by Gasteiger charge is -2.32. The lowest BCUT2D eigenvalue weighted by Crippen LogP contribution is -2.27. The van der Waals surface area contributed by atoms with Crippen molar-refractivity contribution in [3.63, 3.8) is 0 Å². The first kappa shape index (κ1) is 13.3. The van der Waals surface area contributed by atoms with Crippen molar-refractivity contribution in [2.24, 2.45) is 0 Å². The second-order valence-corrected chi connectivity index (χ2v) is 5.40. The summed E-state index contributed by atoms with van der Waals surface area (Å²) in [6, 6.07) is 10.3. The van der Waals surface area contributed by atoms with E-state index in [2.05, 4.69) is 34.6 Å². The number of hydrogen-bond acceptors (Lipinski definition) is 2. The summed E-state index contributed by atoms with van der Waals surface area (Å²) in [6.45, 7) is 0. The van der Waals surface area contributed by atoms with E-state index in [-0.39, 0.29) is 11.9 Å². The number of halogens is 1. The fourth-order valence-electron chi connectivity index (χ4n) is 3.34. The predicted molar refractivity (Wildman–Crippen MR) is 78.1 cm³/mol. The Hall–Kier alpha value is -1.74. The Labute approximate surface area is 119 Å². The normalized spacial score (nSPS) is 19.4. The maximum Gasteiger partial charge on any atom is 0.141 e. The first-order valence-electron chi connectivity index (χ1n) is 7.15. The van der Waals surface area contributed by atoms with E-state index in [1.54, 1.807) is 12.3 Å². The Morgan fingerprint density at radius 2 is 2.15 bits per heavy atom. The van der Waals surface area contributed by atoms with Crippen molar-refractivity contribution in [2.75, 3.05) is 7.05 Å². The first-order valence-corrected chi connectivity index (χ1v) is 7.15. The zero-order valence-corrected chi connectivity index (χ0v) is 11.6. The molecule has 2 unspecified atom stereocenters. The summed E-state index contributed by atoms with van der Waals surface area (Å²) in [6.07, 6.45) is 6.47. The third-order valence-corrected chi connectivity index (χ3v) is 4.21. The molecule has 0 amide bonds. The van der Waals surface area contributed by atoms with Crippen LogP contribution < -0.4 is 5.32 Å². The number of aromatic nitrogens is 1. The Morgan fingerprint density at radius 3 is 2.95 bits per heavy atom. The van der Waals surface area contributed by atoms with E-state index >= 15 is 0 Å². The number of rotatable bonds is 3. The third kappa shape index (κ3) is 2.46. The number of pyridine rings is 1. The quantitative estimate of drug-likeness (QED) is 0.921. The summed E-state index contributed by atoms with van der Waals surface area (Å²) in [5.74, 6) is 0.111. The molecule has 1 heterocycles. The zero-order chi connectivity index (χ0) is 13.9. The molecule has 0 fully saturated rings. The van der Waals surface area contributed by atoms with Crippen LogP contribution in [0.1, 0.15) is 41.5 Å². The second kappa shape index (κ2) is 5.71. The van der Waals surface area contributed by atoms with Crippen LogP contribution in [0.5, 0.6) is 0 Å². The van der Waals surface area contributed by atoms with E-state index in [0.29, 0.717) is 5.92 Å². The zero-order valence-electron chi connectivity index (χ0n) is 11.6. The topological polar surface area (TPSA) is 24.9 Å². The fourth-order valence-corrected chi connectivity index (χ4v) is 3.34. The van der Waals surface area contributed by atoms with Crippen LogP contribution in [0.25, 0.3) is 0 Å². The van der Waals surface area contributed by atoms with Crippen LogP contribution in [0.2, 0.25) is 0 Å². The fraction of sp³-hybridized carbons (Fsp3) is 0.353. The van der Waals surface area contributed by atoms with Crippen LogP contribution in [0.3, 0.4) is 0 Å². The molecule has 20 heavy (non-hydrogen) atoms. The molecular formula is C17H19FN2. The summed E-state index contributed by atoms with van der Waals surface area (Å²) in [4.78, 5) is 3.99. The van der Waals surface area contributed by atoms with Gasteiger partial charge in [0.05, 0.1) is 6.20 Å². The largest absolute Gasteiger partial charge is 0.312 e. The van der Waals surface area contributed by atoms with Gasteiger partial charge in [-0.05, 0) is 49.1 Å². The van der Waals surface area contributed by atoms with Crippen molar-refractivity contribution in [2.45, 2.75) is 31.2 Å². The van der Waals surface area contributed by atoms with Gasteiger partial charge in [-0.3, -0.25) is 4.98 Å². The lowest BCUT2D eigenvalue weighted by atomic mass is 9.77. The van der Waals surface area contributed by atoms with Crippen molar-refractivity contribution < 1.29 is 4.39 Å². The minimum atomic E-state index is -0.271. The van der Waals surface area contributed by atoms with Gasteiger partial charge in [-0.25, -0.2) is 4.39 Å². The predicted octanol–water partition coefficient (Wildman–Crippen LogP) is 3.60. The summed E-state index contributed by atoms with van der Waals surface area (Å²) in [5.41, 5.74) is 3.74. The van der Waals surface area contributed by atoms with Crippen LogP contribution in [0, 0.1) is 5.82 Å². The Bertz CT molecular complexity index is 597. The molecule has 2 nitrogen and oxygen atoms in total. The second-order valence-electron chi connectivity index (χ2n) is 5.40. The van der Waals surface area contributed by atoms with Gasteiger partial charge in [0.25, 0.3) is 0 Å². The molecule has 0 aliphatic heterocycles. The molecule has 3 rings (SSSR count). The minimum Gasteiger partial charge on any atom is -0.312 e. The maximum atomic E-state index is 13.4. The Morgan fingerprint density at radius 1 is 1.30 bits per heavy atom. The third-order valence-electron chi connectivity index (χ3n) is 4.21. The van der Waals surface area contributed by atoms with E-state index in [1.165, 1.54) is 23.7 Å². The molecule has 0 spiro atoms. The molecule has 2 aromatic rings. The molecular weight excluding hydrogens is 251 g/mol. The van der Waals surface area contributed by atoms with Gasteiger partial charge < -0.3 is 5.32 Å². The van der Waals surface area contributed by atoms with Crippen LogP contribution in [0.15, 0.2) is 42.7 Å². The number of nitrogens with zero attached hydrogens (tertiary/aromatic N) is 1. The molecule has 1 aliphatic rings. The maximum absolute atomic E-state index is 13.4. The highest BCUT2D eigenvalue weighted by atomic mass is 19.1. The van der Waals surface area contributed by atoms with Gasteiger partial charge in [-0.1, -0.05) is 24.3 Å². The summed E-state index contributed by atoms with van der Waals surface area (Å²) in [7, 11) is 1.94. The lowest BCUT2D eigenvalue weighted by molar-refractivity contribution is 0.422. The smallest absolute Gasteiger partial charge is 0.141 e. The average Bonchev–Trinajstić information content (AvgIpc) is 2.48. The SMILES string of the molecule is CNC(c1cncc(F)c1)C1CCCc2ccccc21. The number of benzene rings is 1. The summed E-state index contributed by atoms with van der Waals surface area (Å²) < 4.78 is 13.4. The molecule has 3 heteroatoms. The highest BCUT2D eigenvalue weighted by Gasteiger charge is 2.28. The van der Waals surface area contributed by atoms with Crippen LogP contribution in [-0.2, 0) is 6.42 Å². The Balaban J connectivity index is 1.99. The van der Waals surface area contributed by atoms with Gasteiger partial charge in [-0.15, -0.1) is 0 Å². The van der Waals surface area contributed by atoms with Crippen molar-refractivity contribution in [3.8, 4) is 0 Å². The van der Waals surface area contributed by atoms with Crippen molar-refractivity contribution >= 4 is 0 Å². The molecule has 1 N–H and O–H groups in total. The number of aryl methyl sites for hydroxylation is 1. The molecule has 2 atom stereocenters. The highest BCUT2D eigenvalue weighted by molar-refractivity contribution is 5.35. The van der Waals surface area contributed by atoms with Gasteiger partial charge in [0.2, 0.25) is 0 Å². The van der Waals surface area contributed by atoms with E-state index in [0.717, 1.165) is 18.4 Å². The number of nitrogens with one attached hydrogen (secondary N) is 1. The summed E-state index contributed by atoms with van der Waals surface area (Å²) >= 11 is 0. The summed E-state index contributed by atoms with van der Waals surface area (Å²) in [5, 5.41) is 3.35. The molecule has 104 valence electrons. The molecule has 0 saturated heterocycles. The van der Waals surface area contributed by atoms with E-state index in [4.69, 9.17) is 0 Å². The van der Waals surface area contributed by atoms with Crippen molar-refractivity contribution in [1.82, 2.24) is 10.3 Å². The van der Waals surface area contributed by atoms with Crippen molar-refractivity contribution in [1.29, 1.82) is 0 Å². The number of fused-ring (bicyclic) bond motifs is 1. The van der Waals surface area contributed by atoms with Gasteiger partial charge >= 0.3 is 0 Å². The van der Waals surface area contributed by atoms with Gasteiger partial charge in [-0.2, -0.15) is 0 Å². The van der Waals surface area contributed by atoms with Gasteiger partial charge in [0, 0.05) is 18.2 Å². The number of hydrogen-bond donors (Lipinski definition) is 1. The molecule has 0 bridgehead atoms. The highest BCUT2D eigenvalue weighted by Crippen LogP contribution is 2.39. The average molecular weight is 270 g/mol. The minimum absolute atomic E-state index is 0.111. The molecule has 1 aromatic carbocycles. The van der Waals surface area contributed by atoms with Crippen LogP contribution in [-0.4, -0.2) is 12.0 Å². The Kier molecular flexibility index (Phi) is 3.79. The van der Waals surface area contributed by atoms with Gasteiger partial charge in [0.1, 0.15) is 5.82 Å². The van der Waals surface area contributed by atoms with Crippen molar-refractivity contribution in [3.05, 3.63) is 65.2 Å². The molecule has 1 aliphatic carbocycles. The van der Waals surface area contributed by atoms with Gasteiger partial charge in [0.15, 0.2) is 0 Å². The molecule has 0 radical (unpaired) electrons.